The normalized spacial score (nSPS) is 17.2. The van der Waals surface area contributed by atoms with Crippen LogP contribution in [0, 0.1) is 5.92 Å². The molecule has 22 heavy (non-hydrogen) atoms. The van der Waals surface area contributed by atoms with Crippen molar-refractivity contribution in [1.82, 2.24) is 9.88 Å². The predicted octanol–water partition coefficient (Wildman–Crippen LogP) is 3.59. The minimum atomic E-state index is 0.703. The number of ether oxygens (including phenoxy) is 1. The fourth-order valence-electron chi connectivity index (χ4n) is 2.88. The van der Waals surface area contributed by atoms with Crippen molar-refractivity contribution in [2.75, 3.05) is 38.7 Å². The summed E-state index contributed by atoms with van der Waals surface area (Å²) in [6, 6.07) is 6.67. The van der Waals surface area contributed by atoms with Gasteiger partial charge in [0.15, 0.2) is 5.13 Å². The molecule has 1 fully saturated rings. The van der Waals surface area contributed by atoms with E-state index in [1.807, 2.05) is 0 Å². The Morgan fingerprint density at radius 1 is 1.36 bits per heavy atom. The maximum absolute atomic E-state index is 5.06. The quantitative estimate of drug-likeness (QED) is 0.826. The Balaban J connectivity index is 1.64. The van der Waals surface area contributed by atoms with E-state index in [9.17, 15) is 0 Å². The van der Waals surface area contributed by atoms with Crippen molar-refractivity contribution in [2.24, 2.45) is 5.92 Å². The van der Waals surface area contributed by atoms with Gasteiger partial charge in [-0.3, -0.25) is 4.90 Å². The largest absolute Gasteiger partial charge is 0.383 e. The van der Waals surface area contributed by atoms with Gasteiger partial charge >= 0.3 is 0 Å². The third-order valence-corrected chi connectivity index (χ3v) is 5.29. The summed E-state index contributed by atoms with van der Waals surface area (Å²) in [5, 5.41) is 4.30. The summed E-state index contributed by atoms with van der Waals surface area (Å²) >= 11 is 1.73. The van der Waals surface area contributed by atoms with Crippen molar-refractivity contribution < 1.29 is 4.74 Å². The van der Waals surface area contributed by atoms with Crippen LogP contribution in [0.3, 0.4) is 0 Å². The minimum Gasteiger partial charge on any atom is -0.383 e. The molecule has 0 atom stereocenters. The molecule has 0 bridgehead atoms. The molecule has 0 aliphatic carbocycles. The van der Waals surface area contributed by atoms with E-state index in [1.165, 1.54) is 36.2 Å². The number of hydrogen-bond donors (Lipinski definition) is 1. The monoisotopic (exact) mass is 319 g/mol. The van der Waals surface area contributed by atoms with Gasteiger partial charge in [0.2, 0.25) is 0 Å². The average molecular weight is 319 g/mol. The third kappa shape index (κ3) is 3.97. The number of thiazole rings is 1. The summed E-state index contributed by atoms with van der Waals surface area (Å²) < 4.78 is 6.32. The van der Waals surface area contributed by atoms with Gasteiger partial charge in [0.1, 0.15) is 0 Å². The highest BCUT2D eigenvalue weighted by molar-refractivity contribution is 7.22. The first kappa shape index (κ1) is 15.7. The topological polar surface area (TPSA) is 37.4 Å². The Hall–Kier alpha value is -1.17. The first-order chi connectivity index (χ1) is 10.7. The second-order valence-electron chi connectivity index (χ2n) is 6.20. The van der Waals surface area contributed by atoms with Crippen LogP contribution in [0.15, 0.2) is 18.2 Å². The van der Waals surface area contributed by atoms with Gasteiger partial charge in [-0.2, -0.15) is 0 Å². The summed E-state index contributed by atoms with van der Waals surface area (Å²) in [6.45, 7) is 7.38. The molecule has 1 aromatic heterocycles. The number of nitrogens with zero attached hydrogens (tertiary/aromatic N) is 2. The lowest BCUT2D eigenvalue weighted by atomic mass is 9.99. The zero-order chi connectivity index (χ0) is 15.4. The van der Waals surface area contributed by atoms with Crippen LogP contribution in [0.1, 0.15) is 25.3 Å². The zero-order valence-corrected chi connectivity index (χ0v) is 14.3. The van der Waals surface area contributed by atoms with E-state index in [0.29, 0.717) is 6.61 Å². The van der Waals surface area contributed by atoms with Gasteiger partial charge < -0.3 is 10.1 Å². The van der Waals surface area contributed by atoms with Gasteiger partial charge in [0, 0.05) is 20.2 Å². The second-order valence-corrected chi connectivity index (χ2v) is 7.23. The molecule has 1 saturated heterocycles. The van der Waals surface area contributed by atoms with E-state index in [4.69, 9.17) is 4.74 Å². The van der Waals surface area contributed by atoms with Crippen molar-refractivity contribution in [3.63, 3.8) is 0 Å². The Kier molecular flexibility index (Phi) is 5.28. The van der Waals surface area contributed by atoms with E-state index in [0.717, 1.165) is 29.7 Å². The molecule has 2 heterocycles. The smallest absolute Gasteiger partial charge is 0.183 e. The molecule has 0 radical (unpaired) electrons. The van der Waals surface area contributed by atoms with Crippen LogP contribution in [0.2, 0.25) is 0 Å². The van der Waals surface area contributed by atoms with Crippen molar-refractivity contribution in [3.05, 3.63) is 23.8 Å². The minimum absolute atomic E-state index is 0.703. The molecule has 0 amide bonds. The van der Waals surface area contributed by atoms with E-state index in [1.54, 1.807) is 18.4 Å². The van der Waals surface area contributed by atoms with E-state index < -0.39 is 0 Å². The van der Waals surface area contributed by atoms with Crippen LogP contribution in [0.4, 0.5) is 5.13 Å². The molecule has 0 unspecified atom stereocenters. The first-order valence-corrected chi connectivity index (χ1v) is 8.91. The highest BCUT2D eigenvalue weighted by Gasteiger charge is 2.16. The molecule has 0 spiro atoms. The lowest BCUT2D eigenvalue weighted by Crippen LogP contribution is -2.32. The number of likely N-dealkylation sites (tertiary alicyclic amines) is 1. The SMILES string of the molecule is COCCNc1nc2ccc(CN3CCC(C)CC3)cc2s1. The number of anilines is 1. The summed E-state index contributed by atoms with van der Waals surface area (Å²) in [4.78, 5) is 7.19. The van der Waals surface area contributed by atoms with Crippen LogP contribution in [-0.2, 0) is 11.3 Å². The molecular formula is C17H25N3OS. The molecule has 120 valence electrons. The first-order valence-electron chi connectivity index (χ1n) is 8.09. The standard InChI is InChI=1S/C17H25N3OS/c1-13-5-8-20(9-6-13)12-14-3-4-15-16(11-14)22-17(19-15)18-7-10-21-2/h3-4,11,13H,5-10,12H2,1-2H3,(H,18,19). The Morgan fingerprint density at radius 2 is 2.18 bits per heavy atom. The number of fused-ring (bicyclic) bond motifs is 1. The van der Waals surface area contributed by atoms with Crippen molar-refractivity contribution in [3.8, 4) is 0 Å². The summed E-state index contributed by atoms with van der Waals surface area (Å²) in [7, 11) is 1.72. The van der Waals surface area contributed by atoms with Crippen LogP contribution >= 0.6 is 11.3 Å². The van der Waals surface area contributed by atoms with E-state index in [2.05, 4.69) is 40.3 Å². The molecule has 5 heteroatoms. The molecule has 2 aromatic rings. The summed E-state index contributed by atoms with van der Waals surface area (Å²) in [6.07, 6.45) is 2.66. The lowest BCUT2D eigenvalue weighted by Gasteiger charge is -2.30. The molecule has 1 aromatic carbocycles. The Bertz CT molecular complexity index is 605. The number of piperidine rings is 1. The number of rotatable bonds is 6. The molecule has 4 nitrogen and oxygen atoms in total. The number of methoxy groups -OCH3 is 1. The van der Waals surface area contributed by atoms with Crippen molar-refractivity contribution in [2.45, 2.75) is 26.3 Å². The third-order valence-electron chi connectivity index (χ3n) is 4.32. The molecular weight excluding hydrogens is 294 g/mol. The van der Waals surface area contributed by atoms with Crippen LogP contribution in [0.25, 0.3) is 10.2 Å². The van der Waals surface area contributed by atoms with Crippen LogP contribution in [0.5, 0.6) is 0 Å². The Morgan fingerprint density at radius 3 is 2.95 bits per heavy atom. The molecule has 1 aliphatic heterocycles. The van der Waals surface area contributed by atoms with Crippen LogP contribution < -0.4 is 5.32 Å². The number of hydrogen-bond acceptors (Lipinski definition) is 5. The maximum atomic E-state index is 5.06. The van der Waals surface area contributed by atoms with E-state index >= 15 is 0 Å². The fraction of sp³-hybridized carbons (Fsp3) is 0.588. The van der Waals surface area contributed by atoms with Gasteiger partial charge in [-0.1, -0.05) is 24.3 Å². The van der Waals surface area contributed by atoms with Crippen molar-refractivity contribution in [1.29, 1.82) is 0 Å². The summed E-state index contributed by atoms with van der Waals surface area (Å²) in [5.74, 6) is 0.890. The van der Waals surface area contributed by atoms with Crippen LogP contribution in [-0.4, -0.2) is 43.2 Å². The zero-order valence-electron chi connectivity index (χ0n) is 13.5. The maximum Gasteiger partial charge on any atom is 0.183 e. The fourth-order valence-corrected chi connectivity index (χ4v) is 3.84. The van der Waals surface area contributed by atoms with Gasteiger partial charge in [-0.15, -0.1) is 0 Å². The lowest BCUT2D eigenvalue weighted by molar-refractivity contribution is 0.185. The number of aromatic nitrogens is 1. The molecule has 0 saturated carbocycles. The highest BCUT2D eigenvalue weighted by atomic mass is 32.1. The van der Waals surface area contributed by atoms with E-state index in [-0.39, 0.29) is 0 Å². The highest BCUT2D eigenvalue weighted by Crippen LogP contribution is 2.27. The average Bonchev–Trinajstić information content (AvgIpc) is 2.92. The van der Waals surface area contributed by atoms with Crippen molar-refractivity contribution >= 4 is 26.7 Å². The molecule has 1 aliphatic rings. The Labute approximate surface area is 136 Å². The van der Waals surface area contributed by atoms with Gasteiger partial charge in [-0.25, -0.2) is 4.98 Å². The van der Waals surface area contributed by atoms with Gasteiger partial charge in [0.25, 0.3) is 0 Å². The summed E-state index contributed by atoms with van der Waals surface area (Å²) in [5.41, 5.74) is 2.48. The molecule has 1 N–H and O–H groups in total. The van der Waals surface area contributed by atoms with Gasteiger partial charge in [0.05, 0.1) is 16.8 Å². The van der Waals surface area contributed by atoms with Gasteiger partial charge in [-0.05, 0) is 49.5 Å². The number of benzene rings is 1. The molecule has 3 rings (SSSR count). The number of nitrogens with one attached hydrogen (secondary N) is 1. The predicted molar refractivity (Wildman–Crippen MR) is 93.7 cm³/mol. The second kappa shape index (κ2) is 7.40.